The Morgan fingerprint density at radius 2 is 2.15 bits per heavy atom. The highest BCUT2D eigenvalue weighted by molar-refractivity contribution is 5.79. The smallest absolute Gasteiger partial charge is 0.361 e. The molecule has 1 saturated heterocycles. The normalized spacial score (nSPS) is 23.1. The van der Waals surface area contributed by atoms with Gasteiger partial charge in [0.1, 0.15) is 5.76 Å². The Hall–Kier alpha value is -1.57. The molecule has 0 spiro atoms. The van der Waals surface area contributed by atoms with Gasteiger partial charge in [0.05, 0.1) is 17.5 Å². The molecule has 0 aliphatic carbocycles. The van der Waals surface area contributed by atoms with Crippen molar-refractivity contribution in [3.8, 4) is 0 Å². The van der Waals surface area contributed by atoms with Crippen LogP contribution < -0.4 is 10.6 Å². The second kappa shape index (κ2) is 5.43. The van der Waals surface area contributed by atoms with Crippen molar-refractivity contribution in [2.24, 2.45) is 11.8 Å². The number of hydrogen-bond donors (Lipinski definition) is 2. The van der Waals surface area contributed by atoms with Crippen LogP contribution in [0.15, 0.2) is 4.52 Å². The molecule has 8 heteroatoms. The summed E-state index contributed by atoms with van der Waals surface area (Å²) >= 11 is 0. The van der Waals surface area contributed by atoms with Crippen molar-refractivity contribution < 1.29 is 22.5 Å². The molecule has 20 heavy (non-hydrogen) atoms. The Labute approximate surface area is 113 Å². The highest BCUT2D eigenvalue weighted by Gasteiger charge is 2.49. The zero-order valence-electron chi connectivity index (χ0n) is 11.2. The van der Waals surface area contributed by atoms with E-state index in [-0.39, 0.29) is 19.6 Å². The van der Waals surface area contributed by atoms with E-state index in [1.165, 1.54) is 0 Å². The average molecular weight is 291 g/mol. The number of carbonyl (C=O) groups excluding carboxylic acids is 1. The van der Waals surface area contributed by atoms with Crippen LogP contribution in [-0.2, 0) is 11.3 Å². The molecule has 2 atom stereocenters. The van der Waals surface area contributed by atoms with Gasteiger partial charge in [-0.15, -0.1) is 0 Å². The van der Waals surface area contributed by atoms with Crippen LogP contribution in [0, 0.1) is 25.7 Å². The Morgan fingerprint density at radius 3 is 2.70 bits per heavy atom. The molecule has 2 N–H and O–H groups in total. The molecular formula is C12H16F3N3O2. The van der Waals surface area contributed by atoms with Gasteiger partial charge in [-0.2, -0.15) is 13.2 Å². The van der Waals surface area contributed by atoms with Gasteiger partial charge < -0.3 is 15.2 Å². The molecule has 0 unspecified atom stereocenters. The topological polar surface area (TPSA) is 67.2 Å². The van der Waals surface area contributed by atoms with Gasteiger partial charge in [0.15, 0.2) is 0 Å². The Balaban J connectivity index is 1.98. The van der Waals surface area contributed by atoms with E-state index in [9.17, 15) is 18.0 Å². The van der Waals surface area contributed by atoms with Crippen LogP contribution in [0.3, 0.4) is 0 Å². The van der Waals surface area contributed by atoms with E-state index in [2.05, 4.69) is 15.8 Å². The number of carbonyl (C=O) groups is 1. The van der Waals surface area contributed by atoms with Crippen LogP contribution in [-0.4, -0.2) is 30.3 Å². The second-order valence-corrected chi connectivity index (χ2v) is 4.93. The molecule has 1 amide bonds. The molecule has 1 fully saturated rings. The highest BCUT2D eigenvalue weighted by atomic mass is 19.4. The molecule has 1 aromatic heterocycles. The average Bonchev–Trinajstić information content (AvgIpc) is 2.94. The molecule has 112 valence electrons. The number of rotatable bonds is 3. The van der Waals surface area contributed by atoms with E-state index in [4.69, 9.17) is 4.52 Å². The van der Waals surface area contributed by atoms with Crippen molar-refractivity contribution in [1.29, 1.82) is 0 Å². The monoisotopic (exact) mass is 291 g/mol. The van der Waals surface area contributed by atoms with E-state index < -0.39 is 23.9 Å². The van der Waals surface area contributed by atoms with Crippen molar-refractivity contribution in [3.63, 3.8) is 0 Å². The summed E-state index contributed by atoms with van der Waals surface area (Å²) in [5.74, 6) is -2.76. The van der Waals surface area contributed by atoms with Gasteiger partial charge in [-0.3, -0.25) is 4.79 Å². The van der Waals surface area contributed by atoms with E-state index >= 15 is 0 Å². The quantitative estimate of drug-likeness (QED) is 0.881. The van der Waals surface area contributed by atoms with E-state index in [0.29, 0.717) is 17.0 Å². The molecule has 1 aliphatic heterocycles. The lowest BCUT2D eigenvalue weighted by Crippen LogP contribution is -2.40. The first kappa shape index (κ1) is 14.8. The maximum Gasteiger partial charge on any atom is 0.393 e. The minimum Gasteiger partial charge on any atom is -0.361 e. The molecule has 2 rings (SSSR count). The van der Waals surface area contributed by atoms with Gasteiger partial charge in [0.25, 0.3) is 0 Å². The zero-order chi connectivity index (χ0) is 14.9. The third-order valence-corrected chi connectivity index (χ3v) is 3.59. The summed E-state index contributed by atoms with van der Waals surface area (Å²) in [5.41, 5.74) is 1.33. The van der Waals surface area contributed by atoms with Gasteiger partial charge in [-0.25, -0.2) is 0 Å². The SMILES string of the molecule is Cc1noc(C)c1CNC(=O)[C@@H]1CNC[C@H]1C(F)(F)F. The number of nitrogens with zero attached hydrogens (tertiary/aromatic N) is 1. The first-order valence-electron chi connectivity index (χ1n) is 6.27. The van der Waals surface area contributed by atoms with Gasteiger partial charge >= 0.3 is 6.18 Å². The Morgan fingerprint density at radius 1 is 1.45 bits per heavy atom. The van der Waals surface area contributed by atoms with Crippen molar-refractivity contribution >= 4 is 5.91 Å². The number of aromatic nitrogens is 1. The summed E-state index contributed by atoms with van der Waals surface area (Å²) in [6, 6.07) is 0. The Kier molecular flexibility index (Phi) is 4.03. The summed E-state index contributed by atoms with van der Waals surface area (Å²) in [6.07, 6.45) is -4.37. The van der Waals surface area contributed by atoms with Gasteiger partial charge in [-0.05, 0) is 13.8 Å². The number of nitrogens with one attached hydrogen (secondary N) is 2. The maximum atomic E-state index is 12.8. The molecule has 5 nitrogen and oxygen atoms in total. The minimum atomic E-state index is -4.37. The number of halogens is 3. The largest absolute Gasteiger partial charge is 0.393 e. The van der Waals surface area contributed by atoms with Gasteiger partial charge in [0, 0.05) is 25.2 Å². The number of aryl methyl sites for hydroxylation is 2. The van der Waals surface area contributed by atoms with Crippen LogP contribution >= 0.6 is 0 Å². The predicted molar refractivity (Wildman–Crippen MR) is 63.7 cm³/mol. The fraction of sp³-hybridized carbons (Fsp3) is 0.667. The summed E-state index contributed by atoms with van der Waals surface area (Å²) in [5, 5.41) is 8.87. The van der Waals surface area contributed by atoms with Crippen LogP contribution in [0.25, 0.3) is 0 Å². The summed E-state index contributed by atoms with van der Waals surface area (Å²) in [7, 11) is 0. The molecule has 1 aromatic rings. The van der Waals surface area contributed by atoms with Crippen molar-refractivity contribution in [3.05, 3.63) is 17.0 Å². The van der Waals surface area contributed by atoms with Crippen LogP contribution in [0.2, 0.25) is 0 Å². The van der Waals surface area contributed by atoms with Crippen LogP contribution in [0.1, 0.15) is 17.0 Å². The molecule has 2 heterocycles. The van der Waals surface area contributed by atoms with Crippen molar-refractivity contribution in [2.75, 3.05) is 13.1 Å². The molecular weight excluding hydrogens is 275 g/mol. The van der Waals surface area contributed by atoms with Crippen LogP contribution in [0.5, 0.6) is 0 Å². The van der Waals surface area contributed by atoms with E-state index in [1.54, 1.807) is 13.8 Å². The number of alkyl halides is 3. The maximum absolute atomic E-state index is 12.8. The standard InChI is InChI=1S/C12H16F3N3O2/c1-6-8(7(2)20-18-6)4-17-11(19)9-3-16-5-10(9)12(13,14)15/h9-10,16H,3-5H2,1-2H3,(H,17,19)/t9-,10-/m1/s1. The summed E-state index contributed by atoms with van der Waals surface area (Å²) in [6.45, 7) is 3.36. The molecule has 0 radical (unpaired) electrons. The third kappa shape index (κ3) is 2.95. The molecule has 0 bridgehead atoms. The van der Waals surface area contributed by atoms with Crippen molar-refractivity contribution in [2.45, 2.75) is 26.6 Å². The minimum absolute atomic E-state index is 0.0393. The molecule has 0 aromatic carbocycles. The highest BCUT2D eigenvalue weighted by Crippen LogP contribution is 2.34. The lowest BCUT2D eigenvalue weighted by molar-refractivity contribution is -0.182. The van der Waals surface area contributed by atoms with Crippen LogP contribution in [0.4, 0.5) is 13.2 Å². The fourth-order valence-electron chi connectivity index (χ4n) is 2.36. The van der Waals surface area contributed by atoms with Gasteiger partial charge in [-0.1, -0.05) is 5.16 Å². The van der Waals surface area contributed by atoms with E-state index in [0.717, 1.165) is 0 Å². The lowest BCUT2D eigenvalue weighted by Gasteiger charge is -2.20. The lowest BCUT2D eigenvalue weighted by atomic mass is 9.94. The second-order valence-electron chi connectivity index (χ2n) is 4.93. The third-order valence-electron chi connectivity index (χ3n) is 3.59. The Bertz CT molecular complexity index is 479. The molecule has 1 aliphatic rings. The summed E-state index contributed by atoms with van der Waals surface area (Å²) in [4.78, 5) is 11.9. The van der Waals surface area contributed by atoms with Gasteiger partial charge in [0.2, 0.25) is 5.91 Å². The van der Waals surface area contributed by atoms with E-state index in [1.807, 2.05) is 0 Å². The number of hydrogen-bond acceptors (Lipinski definition) is 4. The summed E-state index contributed by atoms with van der Waals surface area (Å²) < 4.78 is 43.2. The first-order valence-corrected chi connectivity index (χ1v) is 6.27. The predicted octanol–water partition coefficient (Wildman–Crippen LogP) is 1.31. The molecule has 0 saturated carbocycles. The fourth-order valence-corrected chi connectivity index (χ4v) is 2.36. The zero-order valence-corrected chi connectivity index (χ0v) is 11.2. The van der Waals surface area contributed by atoms with Crippen molar-refractivity contribution in [1.82, 2.24) is 15.8 Å². The number of amides is 1. The first-order chi connectivity index (χ1) is 9.30.